The van der Waals surface area contributed by atoms with E-state index < -0.39 is 17.7 Å². The third-order valence-electron chi connectivity index (χ3n) is 5.40. The highest BCUT2D eigenvalue weighted by Crippen LogP contribution is 2.36. The van der Waals surface area contributed by atoms with Crippen LogP contribution in [0.1, 0.15) is 43.4 Å². The SMILES string of the molecule is CCN(Cc1ccccc1-c1ccc(C(F)(F)F)c(CCOC(C)=O)c1)C(=O)C1CC1. The molecule has 2 aromatic rings. The summed E-state index contributed by atoms with van der Waals surface area (Å²) in [7, 11) is 0. The summed E-state index contributed by atoms with van der Waals surface area (Å²) < 4.78 is 45.3. The lowest BCUT2D eigenvalue weighted by Gasteiger charge is -2.23. The van der Waals surface area contributed by atoms with E-state index >= 15 is 0 Å². The maximum absolute atomic E-state index is 13.5. The number of amides is 1. The first-order valence-electron chi connectivity index (χ1n) is 10.4. The Morgan fingerprint density at radius 3 is 2.42 bits per heavy atom. The molecule has 0 heterocycles. The number of benzene rings is 2. The fraction of sp³-hybridized carbons (Fsp3) is 0.417. The van der Waals surface area contributed by atoms with Crippen LogP contribution < -0.4 is 0 Å². The highest BCUT2D eigenvalue weighted by molar-refractivity contribution is 5.81. The van der Waals surface area contributed by atoms with Crippen molar-refractivity contribution in [2.75, 3.05) is 13.2 Å². The summed E-state index contributed by atoms with van der Waals surface area (Å²) in [6, 6.07) is 11.5. The Kier molecular flexibility index (Phi) is 7.03. The minimum Gasteiger partial charge on any atom is -0.466 e. The molecule has 0 bridgehead atoms. The number of nitrogens with zero attached hydrogens (tertiary/aromatic N) is 1. The van der Waals surface area contributed by atoms with Gasteiger partial charge in [0.05, 0.1) is 12.2 Å². The van der Waals surface area contributed by atoms with E-state index in [4.69, 9.17) is 4.74 Å². The van der Waals surface area contributed by atoms with E-state index in [1.54, 1.807) is 4.90 Å². The average molecular weight is 433 g/mol. The van der Waals surface area contributed by atoms with Gasteiger partial charge in [-0.3, -0.25) is 9.59 Å². The molecule has 1 fully saturated rings. The van der Waals surface area contributed by atoms with E-state index in [0.29, 0.717) is 18.7 Å². The number of carbonyl (C=O) groups excluding carboxylic acids is 2. The van der Waals surface area contributed by atoms with E-state index in [9.17, 15) is 22.8 Å². The van der Waals surface area contributed by atoms with Gasteiger partial charge in [0.25, 0.3) is 0 Å². The van der Waals surface area contributed by atoms with Crippen LogP contribution in [0.2, 0.25) is 0 Å². The van der Waals surface area contributed by atoms with Gasteiger partial charge < -0.3 is 9.64 Å². The van der Waals surface area contributed by atoms with Crippen LogP contribution in [0.25, 0.3) is 11.1 Å². The Labute approximate surface area is 180 Å². The molecule has 4 nitrogen and oxygen atoms in total. The fourth-order valence-electron chi connectivity index (χ4n) is 3.63. The molecule has 0 spiro atoms. The first kappa shape index (κ1) is 22.8. The lowest BCUT2D eigenvalue weighted by atomic mass is 9.94. The second kappa shape index (κ2) is 9.54. The minimum absolute atomic E-state index is 0.0360. The summed E-state index contributed by atoms with van der Waals surface area (Å²) in [6.45, 7) is 4.01. The summed E-state index contributed by atoms with van der Waals surface area (Å²) in [5.41, 5.74) is 1.63. The second-order valence-electron chi connectivity index (χ2n) is 7.74. The molecule has 166 valence electrons. The van der Waals surface area contributed by atoms with Crippen molar-refractivity contribution in [1.29, 1.82) is 0 Å². The standard InChI is InChI=1S/C24H26F3NO3/c1-3-28(23(30)17-8-9-17)15-20-6-4-5-7-21(20)18-10-11-22(24(25,26)27)19(14-18)12-13-31-16(2)29/h4-7,10-11,14,17H,3,8-9,12-13,15H2,1-2H3. The first-order valence-corrected chi connectivity index (χ1v) is 10.4. The molecule has 0 atom stereocenters. The van der Waals surface area contributed by atoms with Crippen molar-refractivity contribution < 1.29 is 27.5 Å². The summed E-state index contributed by atoms with van der Waals surface area (Å²) in [5.74, 6) is -0.298. The zero-order valence-corrected chi connectivity index (χ0v) is 17.7. The smallest absolute Gasteiger partial charge is 0.416 e. The summed E-state index contributed by atoms with van der Waals surface area (Å²) >= 11 is 0. The molecule has 0 saturated heterocycles. The van der Waals surface area contributed by atoms with Gasteiger partial charge in [-0.2, -0.15) is 13.2 Å². The highest BCUT2D eigenvalue weighted by atomic mass is 19.4. The van der Waals surface area contributed by atoms with Crippen molar-refractivity contribution in [3.05, 3.63) is 59.2 Å². The van der Waals surface area contributed by atoms with Crippen LogP contribution in [-0.4, -0.2) is 29.9 Å². The predicted molar refractivity (Wildman–Crippen MR) is 111 cm³/mol. The molecule has 3 rings (SSSR count). The molecular weight excluding hydrogens is 407 g/mol. The topological polar surface area (TPSA) is 46.6 Å². The van der Waals surface area contributed by atoms with Gasteiger partial charge in [0.15, 0.2) is 0 Å². The molecule has 31 heavy (non-hydrogen) atoms. The zero-order chi connectivity index (χ0) is 22.6. The van der Waals surface area contributed by atoms with Crippen LogP contribution in [-0.2, 0) is 33.5 Å². The van der Waals surface area contributed by atoms with E-state index in [0.717, 1.165) is 30.0 Å². The molecule has 0 N–H and O–H groups in total. The molecule has 0 aliphatic heterocycles. The Balaban J connectivity index is 1.93. The lowest BCUT2D eigenvalue weighted by Crippen LogP contribution is -2.31. The van der Waals surface area contributed by atoms with Gasteiger partial charge in [0, 0.05) is 32.4 Å². The molecular formula is C24H26F3NO3. The van der Waals surface area contributed by atoms with Gasteiger partial charge in [-0.05, 0) is 48.1 Å². The van der Waals surface area contributed by atoms with Crippen molar-refractivity contribution in [3.8, 4) is 11.1 Å². The maximum atomic E-state index is 13.5. The highest BCUT2D eigenvalue weighted by Gasteiger charge is 2.34. The molecule has 2 aromatic carbocycles. The number of rotatable bonds is 8. The Hall–Kier alpha value is -2.83. The zero-order valence-electron chi connectivity index (χ0n) is 17.7. The monoisotopic (exact) mass is 433 g/mol. The summed E-state index contributed by atoms with van der Waals surface area (Å²) in [6.07, 6.45) is -2.70. The Morgan fingerprint density at radius 2 is 1.81 bits per heavy atom. The normalized spacial score (nSPS) is 13.7. The van der Waals surface area contributed by atoms with Gasteiger partial charge in [0.1, 0.15) is 0 Å². The van der Waals surface area contributed by atoms with Crippen molar-refractivity contribution in [3.63, 3.8) is 0 Å². The van der Waals surface area contributed by atoms with Crippen LogP contribution in [0.15, 0.2) is 42.5 Å². The number of ether oxygens (including phenoxy) is 1. The van der Waals surface area contributed by atoms with E-state index in [-0.39, 0.29) is 30.4 Å². The van der Waals surface area contributed by atoms with E-state index in [1.165, 1.54) is 19.1 Å². The van der Waals surface area contributed by atoms with Crippen molar-refractivity contribution in [2.24, 2.45) is 5.92 Å². The number of carbonyl (C=O) groups is 2. The van der Waals surface area contributed by atoms with Crippen LogP contribution in [0.3, 0.4) is 0 Å². The molecule has 0 aromatic heterocycles. The number of hydrogen-bond donors (Lipinski definition) is 0. The van der Waals surface area contributed by atoms with Crippen molar-refractivity contribution in [2.45, 2.75) is 45.8 Å². The number of esters is 1. The number of alkyl halides is 3. The minimum atomic E-state index is -4.50. The number of halogens is 3. The third kappa shape index (κ3) is 5.87. The van der Waals surface area contributed by atoms with E-state index in [1.807, 2.05) is 31.2 Å². The predicted octanol–water partition coefficient (Wildman–Crippen LogP) is 5.24. The quantitative estimate of drug-likeness (QED) is 0.535. The van der Waals surface area contributed by atoms with Crippen LogP contribution in [0, 0.1) is 5.92 Å². The Bertz CT molecular complexity index is 951. The van der Waals surface area contributed by atoms with Gasteiger partial charge in [-0.15, -0.1) is 0 Å². The average Bonchev–Trinajstić information content (AvgIpc) is 3.56. The molecule has 7 heteroatoms. The Morgan fingerprint density at radius 1 is 1.10 bits per heavy atom. The summed E-state index contributed by atoms with van der Waals surface area (Å²) in [5, 5.41) is 0. The molecule has 0 radical (unpaired) electrons. The molecule has 0 unspecified atom stereocenters. The van der Waals surface area contributed by atoms with Crippen LogP contribution >= 0.6 is 0 Å². The third-order valence-corrected chi connectivity index (χ3v) is 5.40. The van der Waals surface area contributed by atoms with E-state index in [2.05, 4.69) is 0 Å². The molecule has 1 saturated carbocycles. The second-order valence-corrected chi connectivity index (χ2v) is 7.74. The van der Waals surface area contributed by atoms with Crippen molar-refractivity contribution in [1.82, 2.24) is 4.90 Å². The fourth-order valence-corrected chi connectivity index (χ4v) is 3.63. The van der Waals surface area contributed by atoms with Crippen LogP contribution in [0.4, 0.5) is 13.2 Å². The number of hydrogen-bond acceptors (Lipinski definition) is 3. The lowest BCUT2D eigenvalue weighted by molar-refractivity contribution is -0.141. The first-order chi connectivity index (χ1) is 14.7. The van der Waals surface area contributed by atoms with Gasteiger partial charge in [-0.1, -0.05) is 36.4 Å². The molecule has 1 aliphatic carbocycles. The van der Waals surface area contributed by atoms with Crippen molar-refractivity contribution >= 4 is 11.9 Å². The molecule has 1 aliphatic rings. The molecule has 1 amide bonds. The summed E-state index contributed by atoms with van der Waals surface area (Å²) in [4.78, 5) is 25.3. The van der Waals surface area contributed by atoms with Crippen LogP contribution in [0.5, 0.6) is 0 Å². The van der Waals surface area contributed by atoms with Gasteiger partial charge in [-0.25, -0.2) is 0 Å². The largest absolute Gasteiger partial charge is 0.466 e. The van der Waals surface area contributed by atoms with Gasteiger partial charge >= 0.3 is 12.1 Å². The maximum Gasteiger partial charge on any atom is 0.416 e. The van der Waals surface area contributed by atoms with Gasteiger partial charge in [0.2, 0.25) is 5.91 Å².